The van der Waals surface area contributed by atoms with Gasteiger partial charge in [0.2, 0.25) is 0 Å². The summed E-state index contributed by atoms with van der Waals surface area (Å²) in [4.78, 5) is 5.05. The highest BCUT2D eigenvalue weighted by atomic mass is 28.3. The number of fused-ring (bicyclic) bond motifs is 3. The largest absolute Gasteiger partial charge is 0.456 e. The predicted molar refractivity (Wildman–Crippen MR) is 136 cm³/mol. The molecule has 0 radical (unpaired) electrons. The van der Waals surface area contributed by atoms with E-state index >= 15 is 0 Å². The summed E-state index contributed by atoms with van der Waals surface area (Å²) in [6.07, 6.45) is 3.17. The molecule has 0 saturated carbocycles. The number of aryl methyl sites for hydroxylation is 1. The minimum atomic E-state index is -1.58. The zero-order valence-corrected chi connectivity index (χ0v) is 20.7. The van der Waals surface area contributed by atoms with Gasteiger partial charge in [0.25, 0.3) is 0 Å². The predicted octanol–water partition coefficient (Wildman–Crippen LogP) is 7.60. The third-order valence-corrected chi connectivity index (χ3v) is 8.29. The summed E-state index contributed by atoms with van der Waals surface area (Å²) in [7, 11) is -1.58. The molecule has 4 aromatic rings. The van der Waals surface area contributed by atoms with E-state index in [0.29, 0.717) is 0 Å². The zero-order chi connectivity index (χ0) is 22.1. The Balaban J connectivity index is 1.87. The Kier molecular flexibility index (Phi) is 4.36. The highest BCUT2D eigenvalue weighted by Crippen LogP contribution is 2.49. The van der Waals surface area contributed by atoms with Crippen LogP contribution in [0, 0.1) is 12.3 Å². The van der Waals surface area contributed by atoms with Crippen LogP contribution in [0.25, 0.3) is 32.8 Å². The number of hydrogen-bond acceptors (Lipinski definition) is 2. The molecule has 1 aliphatic rings. The number of benzene rings is 3. The number of pyridine rings is 1. The summed E-state index contributed by atoms with van der Waals surface area (Å²) < 4.78 is 6.69. The van der Waals surface area contributed by atoms with Gasteiger partial charge in [0, 0.05) is 17.3 Å². The van der Waals surface area contributed by atoms with Crippen molar-refractivity contribution in [3.63, 3.8) is 0 Å². The van der Waals surface area contributed by atoms with Crippen LogP contribution in [0.1, 0.15) is 31.9 Å². The van der Waals surface area contributed by atoms with Gasteiger partial charge in [-0.3, -0.25) is 4.98 Å². The fourth-order valence-electron chi connectivity index (χ4n) is 4.92. The van der Waals surface area contributed by atoms with Crippen LogP contribution < -0.4 is 9.92 Å². The molecular weight excluding hydrogens is 394 g/mol. The fourth-order valence-corrected chi connectivity index (χ4v) is 6.37. The quantitative estimate of drug-likeness (QED) is 0.272. The number of ether oxygens (including phenoxy) is 1. The molecule has 0 unspecified atom stereocenters. The van der Waals surface area contributed by atoms with Crippen LogP contribution in [-0.4, -0.2) is 13.1 Å². The zero-order valence-electron chi connectivity index (χ0n) is 19.7. The molecular formula is C28H31NOSi. The van der Waals surface area contributed by atoms with Gasteiger partial charge < -0.3 is 4.74 Å². The Labute approximate surface area is 186 Å². The summed E-state index contributed by atoms with van der Waals surface area (Å²) in [5, 5.41) is 6.40. The Hall–Kier alpha value is -2.65. The number of rotatable bonds is 2. The third-order valence-electron chi connectivity index (χ3n) is 6.27. The van der Waals surface area contributed by atoms with E-state index in [9.17, 15) is 0 Å². The SMILES string of the molecule is Cc1c2c(cc3ccccc13)-c1ncc([Si](C)(C)C)c3cc(CC(C)(C)C)cc(c13)O2. The number of hydrogen-bond donors (Lipinski definition) is 0. The summed E-state index contributed by atoms with van der Waals surface area (Å²) in [6.45, 7) is 16.3. The van der Waals surface area contributed by atoms with Crippen molar-refractivity contribution in [2.24, 2.45) is 5.41 Å². The standard InChI is InChI=1S/C28H31NOSi/c1-17-20-11-9-8-10-19(20)14-22-26-25-21(24(16-29-26)31(5,6)7)12-18(15-28(2,3)4)13-23(25)30-27(17)22/h8-14,16H,15H2,1-7H3. The molecule has 0 fully saturated rings. The van der Waals surface area contributed by atoms with Crippen LogP contribution in [0.4, 0.5) is 0 Å². The molecule has 0 saturated heterocycles. The number of aromatic nitrogens is 1. The van der Waals surface area contributed by atoms with Gasteiger partial charge in [0.1, 0.15) is 11.5 Å². The van der Waals surface area contributed by atoms with E-state index in [-0.39, 0.29) is 5.41 Å². The van der Waals surface area contributed by atoms with Gasteiger partial charge in [-0.25, -0.2) is 0 Å². The van der Waals surface area contributed by atoms with Crippen LogP contribution in [0.2, 0.25) is 19.6 Å². The third kappa shape index (κ3) is 3.36. The maximum Gasteiger partial charge on any atom is 0.140 e. The lowest BCUT2D eigenvalue weighted by Gasteiger charge is -2.28. The topological polar surface area (TPSA) is 22.1 Å². The van der Waals surface area contributed by atoms with Gasteiger partial charge in [0.15, 0.2) is 0 Å². The molecule has 3 heteroatoms. The van der Waals surface area contributed by atoms with E-state index in [1.165, 1.54) is 37.9 Å². The minimum absolute atomic E-state index is 0.217. The van der Waals surface area contributed by atoms with E-state index in [1.807, 2.05) is 0 Å². The van der Waals surface area contributed by atoms with E-state index in [2.05, 4.69) is 96.0 Å². The van der Waals surface area contributed by atoms with Crippen LogP contribution in [0.5, 0.6) is 11.5 Å². The van der Waals surface area contributed by atoms with Crippen LogP contribution >= 0.6 is 0 Å². The van der Waals surface area contributed by atoms with E-state index in [1.54, 1.807) is 0 Å². The van der Waals surface area contributed by atoms with Crippen LogP contribution in [0.3, 0.4) is 0 Å². The molecule has 3 aromatic carbocycles. The van der Waals surface area contributed by atoms with Crippen molar-refractivity contribution in [1.82, 2.24) is 4.98 Å². The second kappa shape index (κ2) is 6.67. The first-order chi connectivity index (χ1) is 14.5. The number of nitrogens with zero attached hydrogens (tertiary/aromatic N) is 1. The Morgan fingerprint density at radius 2 is 1.71 bits per heavy atom. The van der Waals surface area contributed by atoms with Crippen molar-refractivity contribution in [2.75, 3.05) is 0 Å². The molecule has 1 aliphatic heterocycles. The summed E-state index contributed by atoms with van der Waals surface area (Å²) in [5.41, 5.74) is 4.91. The van der Waals surface area contributed by atoms with Gasteiger partial charge in [-0.05, 0) is 57.8 Å². The second-order valence-electron chi connectivity index (χ2n) is 11.2. The van der Waals surface area contributed by atoms with Crippen molar-refractivity contribution in [3.05, 3.63) is 59.8 Å². The summed E-state index contributed by atoms with van der Waals surface area (Å²) in [6, 6.07) is 15.5. The van der Waals surface area contributed by atoms with Crippen LogP contribution in [0.15, 0.2) is 48.7 Å². The van der Waals surface area contributed by atoms with E-state index in [4.69, 9.17) is 9.72 Å². The molecule has 5 rings (SSSR count). The summed E-state index contributed by atoms with van der Waals surface area (Å²) >= 11 is 0. The van der Waals surface area contributed by atoms with Crippen molar-refractivity contribution >= 4 is 34.8 Å². The van der Waals surface area contributed by atoms with Crippen molar-refractivity contribution in [2.45, 2.75) is 53.8 Å². The second-order valence-corrected chi connectivity index (χ2v) is 16.3. The summed E-state index contributed by atoms with van der Waals surface area (Å²) in [5.74, 6) is 1.92. The lowest BCUT2D eigenvalue weighted by molar-refractivity contribution is 0.410. The first-order valence-electron chi connectivity index (χ1n) is 11.2. The van der Waals surface area contributed by atoms with Gasteiger partial charge in [-0.15, -0.1) is 0 Å². The molecule has 2 nitrogen and oxygen atoms in total. The molecule has 31 heavy (non-hydrogen) atoms. The molecule has 158 valence electrons. The molecule has 1 aromatic heterocycles. The van der Waals surface area contributed by atoms with E-state index < -0.39 is 8.07 Å². The first kappa shape index (κ1) is 20.3. The average molecular weight is 426 g/mol. The van der Waals surface area contributed by atoms with E-state index in [0.717, 1.165) is 29.2 Å². The molecule has 0 amide bonds. The van der Waals surface area contributed by atoms with Gasteiger partial charge >= 0.3 is 0 Å². The molecule has 0 atom stereocenters. The Morgan fingerprint density at radius 3 is 2.42 bits per heavy atom. The minimum Gasteiger partial charge on any atom is -0.456 e. The van der Waals surface area contributed by atoms with Crippen molar-refractivity contribution < 1.29 is 4.74 Å². The normalized spacial score (nSPS) is 13.4. The maximum absolute atomic E-state index is 6.69. The smallest absolute Gasteiger partial charge is 0.140 e. The monoisotopic (exact) mass is 425 g/mol. The Bertz CT molecular complexity index is 1360. The van der Waals surface area contributed by atoms with Crippen LogP contribution in [-0.2, 0) is 6.42 Å². The van der Waals surface area contributed by atoms with Crippen molar-refractivity contribution in [3.8, 4) is 22.8 Å². The van der Waals surface area contributed by atoms with Gasteiger partial charge in [-0.2, -0.15) is 0 Å². The maximum atomic E-state index is 6.69. The van der Waals surface area contributed by atoms with Crippen molar-refractivity contribution in [1.29, 1.82) is 0 Å². The molecule has 0 spiro atoms. The Morgan fingerprint density at radius 1 is 0.968 bits per heavy atom. The highest BCUT2D eigenvalue weighted by Gasteiger charge is 2.29. The van der Waals surface area contributed by atoms with Gasteiger partial charge in [0.05, 0.1) is 19.2 Å². The van der Waals surface area contributed by atoms with Gasteiger partial charge in [-0.1, -0.05) is 70.7 Å². The highest BCUT2D eigenvalue weighted by molar-refractivity contribution is 6.90. The lowest BCUT2D eigenvalue weighted by Crippen LogP contribution is -2.38. The molecule has 2 heterocycles. The average Bonchev–Trinajstić information content (AvgIpc) is 2.67. The first-order valence-corrected chi connectivity index (χ1v) is 14.7. The molecule has 0 bridgehead atoms. The lowest BCUT2D eigenvalue weighted by atomic mass is 9.86. The molecule has 0 N–H and O–H groups in total. The molecule has 0 aliphatic carbocycles. The fraction of sp³-hybridized carbons (Fsp3) is 0.321.